The molecule has 3 aromatic heterocycles. The molecule has 3 heterocycles. The first-order valence-corrected chi connectivity index (χ1v) is 10.2. The summed E-state index contributed by atoms with van der Waals surface area (Å²) in [7, 11) is 0. The topological polar surface area (TPSA) is 145 Å². The molecular formula is C19H13F3N6O5S. The fourth-order valence-electron chi connectivity index (χ4n) is 2.96. The highest BCUT2D eigenvalue weighted by atomic mass is 32.1. The summed E-state index contributed by atoms with van der Waals surface area (Å²) in [5, 5.41) is 27.0. The Labute approximate surface area is 191 Å². The number of carbonyl (C=O) groups is 1. The lowest BCUT2D eigenvalue weighted by atomic mass is 10.2. The molecule has 0 saturated carbocycles. The number of thiophene rings is 1. The smallest absolute Gasteiger partial charge is 0.406 e. The second-order valence-electron chi connectivity index (χ2n) is 6.65. The molecule has 0 atom stereocenters. The predicted molar refractivity (Wildman–Crippen MR) is 113 cm³/mol. The minimum absolute atomic E-state index is 0.0286. The highest BCUT2D eigenvalue weighted by Gasteiger charge is 2.31. The molecule has 0 aliphatic rings. The SMILES string of the molecule is O=C(Nc1nc(-c2ccc(OC(F)(F)F)cc2)nc2c1cnn2CCO)c1ccc([N+](=O)[O-])s1. The quantitative estimate of drug-likeness (QED) is 0.293. The highest BCUT2D eigenvalue weighted by Crippen LogP contribution is 2.29. The van der Waals surface area contributed by atoms with Gasteiger partial charge in [-0.2, -0.15) is 5.10 Å². The van der Waals surface area contributed by atoms with Crippen molar-refractivity contribution in [2.45, 2.75) is 12.9 Å². The Morgan fingerprint density at radius 3 is 2.56 bits per heavy atom. The molecule has 0 aliphatic heterocycles. The maximum Gasteiger partial charge on any atom is 0.573 e. The van der Waals surface area contributed by atoms with Crippen molar-refractivity contribution >= 4 is 39.1 Å². The Kier molecular flexibility index (Phi) is 6.12. The number of amides is 1. The van der Waals surface area contributed by atoms with Crippen LogP contribution in [0.3, 0.4) is 0 Å². The minimum Gasteiger partial charge on any atom is -0.406 e. The predicted octanol–water partition coefficient (Wildman–Crippen LogP) is 3.61. The summed E-state index contributed by atoms with van der Waals surface area (Å²) >= 11 is 0.679. The molecule has 34 heavy (non-hydrogen) atoms. The normalized spacial score (nSPS) is 11.5. The van der Waals surface area contributed by atoms with Crippen LogP contribution < -0.4 is 10.1 Å². The number of hydrogen-bond donors (Lipinski definition) is 2. The van der Waals surface area contributed by atoms with E-state index in [2.05, 4.69) is 25.1 Å². The standard InChI is InChI=1S/C19H13F3N6O5S/c20-19(21,22)33-11-3-1-10(2-4-11)15-24-16(12-9-23-27(7-8-29)17(12)25-15)26-18(30)13-5-6-14(34-13)28(31)32/h1-6,9,29H,7-8H2,(H,24,25,26,30). The third-order valence-corrected chi connectivity index (χ3v) is 5.42. The first kappa shape index (κ1) is 23.1. The number of aliphatic hydroxyl groups is 1. The average Bonchev–Trinajstić information content (AvgIpc) is 3.42. The van der Waals surface area contributed by atoms with Crippen LogP contribution in [0.4, 0.5) is 24.0 Å². The molecule has 0 bridgehead atoms. The average molecular weight is 494 g/mol. The number of nitro groups is 1. The van der Waals surface area contributed by atoms with E-state index in [0.717, 1.165) is 12.1 Å². The van der Waals surface area contributed by atoms with Gasteiger partial charge in [0.25, 0.3) is 5.91 Å². The summed E-state index contributed by atoms with van der Waals surface area (Å²) in [4.78, 5) is 31.7. The number of anilines is 1. The van der Waals surface area contributed by atoms with E-state index in [1.807, 2.05) is 0 Å². The summed E-state index contributed by atoms with van der Waals surface area (Å²) in [6, 6.07) is 7.29. The van der Waals surface area contributed by atoms with Gasteiger partial charge in [0.15, 0.2) is 11.5 Å². The minimum atomic E-state index is -4.85. The Morgan fingerprint density at radius 1 is 1.21 bits per heavy atom. The Morgan fingerprint density at radius 2 is 1.94 bits per heavy atom. The third kappa shape index (κ3) is 4.94. The number of aromatic nitrogens is 4. The van der Waals surface area contributed by atoms with Crippen molar-refractivity contribution in [1.82, 2.24) is 19.7 Å². The van der Waals surface area contributed by atoms with Crippen molar-refractivity contribution in [2.24, 2.45) is 0 Å². The zero-order chi connectivity index (χ0) is 24.5. The Bertz CT molecular complexity index is 1370. The van der Waals surface area contributed by atoms with Gasteiger partial charge in [0, 0.05) is 11.6 Å². The summed E-state index contributed by atoms with van der Waals surface area (Å²) in [6.45, 7) is -0.164. The molecule has 0 aliphatic carbocycles. The first-order chi connectivity index (χ1) is 16.1. The number of hydrogen-bond acceptors (Lipinski definition) is 9. The Hall–Kier alpha value is -4.11. The van der Waals surface area contributed by atoms with Crippen molar-refractivity contribution in [3.63, 3.8) is 0 Å². The molecule has 0 unspecified atom stereocenters. The largest absolute Gasteiger partial charge is 0.573 e. The van der Waals surface area contributed by atoms with Gasteiger partial charge in [0.2, 0.25) is 0 Å². The molecule has 1 aromatic carbocycles. The Balaban J connectivity index is 1.72. The van der Waals surface area contributed by atoms with Crippen molar-refractivity contribution in [3.8, 4) is 17.1 Å². The molecule has 0 fully saturated rings. The summed E-state index contributed by atoms with van der Waals surface area (Å²) in [5.41, 5.74) is 0.567. The van der Waals surface area contributed by atoms with Gasteiger partial charge in [0.1, 0.15) is 11.6 Å². The number of nitrogens with zero attached hydrogens (tertiary/aromatic N) is 5. The van der Waals surface area contributed by atoms with Crippen LogP contribution in [0.1, 0.15) is 9.67 Å². The van der Waals surface area contributed by atoms with E-state index in [9.17, 15) is 33.2 Å². The van der Waals surface area contributed by atoms with Crippen LogP contribution in [-0.2, 0) is 6.54 Å². The molecule has 2 N–H and O–H groups in total. The second-order valence-corrected chi connectivity index (χ2v) is 7.71. The number of aliphatic hydroxyl groups excluding tert-OH is 1. The van der Waals surface area contributed by atoms with Crippen LogP contribution in [0, 0.1) is 10.1 Å². The van der Waals surface area contributed by atoms with E-state index in [0.29, 0.717) is 22.3 Å². The lowest BCUT2D eigenvalue weighted by Crippen LogP contribution is -2.17. The van der Waals surface area contributed by atoms with E-state index < -0.39 is 22.9 Å². The number of fused-ring (bicyclic) bond motifs is 1. The van der Waals surface area contributed by atoms with Gasteiger partial charge in [-0.15, -0.1) is 13.2 Å². The molecule has 15 heteroatoms. The fourth-order valence-corrected chi connectivity index (χ4v) is 3.68. The van der Waals surface area contributed by atoms with Crippen molar-refractivity contribution < 1.29 is 32.7 Å². The zero-order valence-corrected chi connectivity index (χ0v) is 17.6. The van der Waals surface area contributed by atoms with Gasteiger partial charge in [-0.1, -0.05) is 11.3 Å². The van der Waals surface area contributed by atoms with Crippen LogP contribution in [0.5, 0.6) is 5.75 Å². The van der Waals surface area contributed by atoms with E-state index in [1.165, 1.54) is 35.1 Å². The number of alkyl halides is 3. The number of nitrogens with one attached hydrogen (secondary N) is 1. The van der Waals surface area contributed by atoms with Gasteiger partial charge in [0.05, 0.1) is 34.5 Å². The third-order valence-electron chi connectivity index (χ3n) is 4.38. The second kappa shape index (κ2) is 9.03. The van der Waals surface area contributed by atoms with Gasteiger partial charge >= 0.3 is 11.4 Å². The molecule has 0 saturated heterocycles. The molecule has 1 amide bonds. The lowest BCUT2D eigenvalue weighted by molar-refractivity contribution is -0.380. The summed E-state index contributed by atoms with van der Waals surface area (Å²) < 4.78 is 42.5. The lowest BCUT2D eigenvalue weighted by Gasteiger charge is -2.10. The fraction of sp³-hybridized carbons (Fsp3) is 0.158. The maximum atomic E-state index is 12.7. The van der Waals surface area contributed by atoms with Gasteiger partial charge in [-0.05, 0) is 30.3 Å². The van der Waals surface area contributed by atoms with Gasteiger partial charge in [-0.25, -0.2) is 14.6 Å². The van der Waals surface area contributed by atoms with Gasteiger partial charge < -0.3 is 15.2 Å². The highest BCUT2D eigenvalue weighted by molar-refractivity contribution is 7.17. The van der Waals surface area contributed by atoms with E-state index in [1.54, 1.807) is 0 Å². The van der Waals surface area contributed by atoms with Crippen molar-refractivity contribution in [3.05, 3.63) is 57.6 Å². The van der Waals surface area contributed by atoms with Crippen LogP contribution in [-0.4, -0.2) is 48.7 Å². The van der Waals surface area contributed by atoms with Crippen LogP contribution in [0.15, 0.2) is 42.6 Å². The molecule has 0 radical (unpaired) electrons. The number of halogens is 3. The van der Waals surface area contributed by atoms with Crippen LogP contribution in [0.25, 0.3) is 22.4 Å². The van der Waals surface area contributed by atoms with Crippen molar-refractivity contribution in [2.75, 3.05) is 11.9 Å². The van der Waals surface area contributed by atoms with Crippen LogP contribution in [0.2, 0.25) is 0 Å². The number of rotatable bonds is 7. The number of ether oxygens (including phenoxy) is 1. The monoisotopic (exact) mass is 494 g/mol. The van der Waals surface area contributed by atoms with E-state index in [4.69, 9.17) is 0 Å². The molecule has 4 rings (SSSR count). The maximum absolute atomic E-state index is 12.7. The zero-order valence-electron chi connectivity index (χ0n) is 16.8. The van der Waals surface area contributed by atoms with Crippen LogP contribution >= 0.6 is 11.3 Å². The molecule has 4 aromatic rings. The molecule has 11 nitrogen and oxygen atoms in total. The van der Waals surface area contributed by atoms with E-state index in [-0.39, 0.29) is 40.3 Å². The number of benzene rings is 1. The van der Waals surface area contributed by atoms with Gasteiger partial charge in [-0.3, -0.25) is 14.9 Å². The summed E-state index contributed by atoms with van der Waals surface area (Å²) in [5.74, 6) is -1.01. The molecular weight excluding hydrogens is 481 g/mol. The number of carbonyl (C=O) groups excluding carboxylic acids is 1. The molecule has 176 valence electrons. The van der Waals surface area contributed by atoms with E-state index >= 15 is 0 Å². The first-order valence-electron chi connectivity index (χ1n) is 9.41. The summed E-state index contributed by atoms with van der Waals surface area (Å²) in [6.07, 6.45) is -3.47. The van der Waals surface area contributed by atoms with Crippen molar-refractivity contribution in [1.29, 1.82) is 0 Å². The molecule has 0 spiro atoms.